The third kappa shape index (κ3) is 5.25. The number of hydrogen-bond donors (Lipinski definition) is 0. The molecule has 2 aromatic carbocycles. The second-order valence-corrected chi connectivity index (χ2v) is 16.0. The Kier molecular flexibility index (Phi) is 7.55. The Labute approximate surface area is 211 Å². The number of methoxy groups -OCH3 is 1. The van der Waals surface area contributed by atoms with Crippen LogP contribution >= 0.6 is 0 Å². The van der Waals surface area contributed by atoms with Crippen molar-refractivity contribution in [2.24, 2.45) is 0 Å². The summed E-state index contributed by atoms with van der Waals surface area (Å²) < 4.78 is 14.4. The van der Waals surface area contributed by atoms with E-state index in [4.69, 9.17) is 9.16 Å². The van der Waals surface area contributed by atoms with Gasteiger partial charge in [-0.3, -0.25) is 4.79 Å². The molecule has 1 fully saturated rings. The van der Waals surface area contributed by atoms with Crippen molar-refractivity contribution in [1.29, 1.82) is 0 Å². The minimum absolute atomic E-state index is 0.00696. The summed E-state index contributed by atoms with van der Waals surface area (Å²) in [5.41, 5.74) is 3.46. The Hall–Kier alpha value is -2.41. The van der Waals surface area contributed by atoms with Crippen molar-refractivity contribution in [3.8, 4) is 0 Å². The number of hydrogen-bond acceptors (Lipinski definition) is 3. The van der Waals surface area contributed by atoms with Crippen LogP contribution in [0.15, 0.2) is 60.8 Å². The Morgan fingerprint density at radius 2 is 1.74 bits per heavy atom. The molecule has 0 spiro atoms. The average molecular weight is 493 g/mol. The van der Waals surface area contributed by atoms with Crippen LogP contribution in [0.3, 0.4) is 0 Å². The van der Waals surface area contributed by atoms with Gasteiger partial charge in [0, 0.05) is 30.7 Å². The van der Waals surface area contributed by atoms with E-state index in [-0.39, 0.29) is 23.0 Å². The number of fused-ring (bicyclic) bond motifs is 1. The van der Waals surface area contributed by atoms with Crippen molar-refractivity contribution in [2.75, 3.05) is 13.7 Å². The summed E-state index contributed by atoms with van der Waals surface area (Å²) in [6.45, 7) is 12.3. The maximum absolute atomic E-state index is 13.6. The molecule has 1 aliphatic heterocycles. The summed E-state index contributed by atoms with van der Waals surface area (Å²) in [7, 11) is -0.280. The highest BCUT2D eigenvalue weighted by Crippen LogP contribution is 2.43. The van der Waals surface area contributed by atoms with E-state index < -0.39 is 8.32 Å². The molecule has 3 aromatic rings. The quantitative estimate of drug-likeness (QED) is 0.316. The first-order chi connectivity index (χ1) is 16.6. The molecule has 6 heteroatoms. The number of para-hydroxylation sites is 1. The van der Waals surface area contributed by atoms with Gasteiger partial charge in [-0.1, -0.05) is 69.3 Å². The number of benzene rings is 2. The van der Waals surface area contributed by atoms with Crippen molar-refractivity contribution >= 4 is 25.1 Å². The van der Waals surface area contributed by atoms with Gasteiger partial charge in [0.15, 0.2) is 8.32 Å². The predicted octanol–water partition coefficient (Wildman–Crippen LogP) is 7.06. The summed E-state index contributed by atoms with van der Waals surface area (Å²) in [5, 5.41) is 1.29. The minimum atomic E-state index is -2.00. The number of amides is 1. The van der Waals surface area contributed by atoms with Crippen LogP contribution in [0.5, 0.6) is 0 Å². The fraction of sp³-hybridized carbons (Fsp3) is 0.483. The molecule has 1 amide bonds. The Balaban J connectivity index is 1.78. The van der Waals surface area contributed by atoms with E-state index in [1.54, 1.807) is 7.11 Å². The standard InChI is InChI=1S/C29H40N2O3Si/c1-29(2,3)35(5,6)34-20-27(22-13-8-7-9-14-22)31-26(17-12-18-28(31)32)24-19-30(21-33-4)25-16-11-10-15-23(24)25/h7-11,13-16,19,26-27H,12,17-18,20-21H2,1-6H3/t26-,27-/m0/s1. The molecule has 1 saturated heterocycles. The van der Waals surface area contributed by atoms with Crippen LogP contribution in [0.2, 0.25) is 18.1 Å². The van der Waals surface area contributed by atoms with Crippen molar-refractivity contribution < 1.29 is 14.0 Å². The van der Waals surface area contributed by atoms with Crippen LogP contribution in [0.4, 0.5) is 0 Å². The van der Waals surface area contributed by atoms with Gasteiger partial charge in [-0.2, -0.15) is 0 Å². The second-order valence-electron chi connectivity index (χ2n) is 11.2. The highest BCUT2D eigenvalue weighted by atomic mass is 28.4. The number of ether oxygens (including phenoxy) is 1. The smallest absolute Gasteiger partial charge is 0.223 e. The van der Waals surface area contributed by atoms with Gasteiger partial charge in [0.05, 0.1) is 24.2 Å². The zero-order valence-corrected chi connectivity index (χ0v) is 23.1. The van der Waals surface area contributed by atoms with E-state index in [1.807, 2.05) is 6.07 Å². The second kappa shape index (κ2) is 10.3. The summed E-state index contributed by atoms with van der Waals surface area (Å²) in [4.78, 5) is 15.8. The highest BCUT2D eigenvalue weighted by molar-refractivity contribution is 6.74. The van der Waals surface area contributed by atoms with Crippen molar-refractivity contribution in [2.45, 2.75) is 77.0 Å². The summed E-state index contributed by atoms with van der Waals surface area (Å²) in [6, 6.07) is 18.7. The third-order valence-electron chi connectivity index (χ3n) is 7.87. The SMILES string of the molecule is COCn1cc([C@@H]2CCCC(=O)N2[C@@H](CO[Si](C)(C)C(C)(C)C)c2ccccc2)c2ccccc21. The molecule has 5 nitrogen and oxygen atoms in total. The Morgan fingerprint density at radius 1 is 1.06 bits per heavy atom. The molecule has 0 aliphatic carbocycles. The number of likely N-dealkylation sites (tertiary alicyclic amines) is 1. The molecule has 0 saturated carbocycles. The summed E-state index contributed by atoms with van der Waals surface area (Å²) in [5.74, 6) is 0.206. The Morgan fingerprint density at radius 3 is 2.43 bits per heavy atom. The predicted molar refractivity (Wildman–Crippen MR) is 145 cm³/mol. The molecular formula is C29H40N2O3Si. The average Bonchev–Trinajstić information content (AvgIpc) is 3.19. The molecular weight excluding hydrogens is 452 g/mol. The van der Waals surface area contributed by atoms with Crippen LogP contribution in [-0.2, 0) is 20.7 Å². The fourth-order valence-electron chi connectivity index (χ4n) is 4.89. The van der Waals surface area contributed by atoms with Crippen LogP contribution in [0.1, 0.15) is 63.2 Å². The van der Waals surface area contributed by atoms with Gasteiger partial charge in [0.1, 0.15) is 6.73 Å². The molecule has 4 rings (SSSR count). The molecule has 188 valence electrons. The van der Waals surface area contributed by atoms with Crippen molar-refractivity contribution in [3.63, 3.8) is 0 Å². The lowest BCUT2D eigenvalue weighted by Crippen LogP contribution is -2.46. The minimum Gasteiger partial charge on any atom is -0.414 e. The van der Waals surface area contributed by atoms with E-state index >= 15 is 0 Å². The van der Waals surface area contributed by atoms with Gasteiger partial charge in [-0.05, 0) is 42.6 Å². The van der Waals surface area contributed by atoms with Gasteiger partial charge in [0.2, 0.25) is 5.91 Å². The normalized spacial score (nSPS) is 18.3. The fourth-order valence-corrected chi connectivity index (χ4v) is 5.90. The van der Waals surface area contributed by atoms with Crippen LogP contribution in [0.25, 0.3) is 10.9 Å². The lowest BCUT2D eigenvalue weighted by Gasteiger charge is -2.44. The lowest BCUT2D eigenvalue weighted by molar-refractivity contribution is -0.141. The van der Waals surface area contributed by atoms with E-state index in [1.165, 1.54) is 10.9 Å². The molecule has 35 heavy (non-hydrogen) atoms. The van der Waals surface area contributed by atoms with Crippen LogP contribution < -0.4 is 0 Å². The molecule has 1 aliphatic rings. The number of piperidine rings is 1. The van der Waals surface area contributed by atoms with E-state index in [2.05, 4.69) is 98.1 Å². The first-order valence-electron chi connectivity index (χ1n) is 12.7. The number of rotatable bonds is 8. The number of carbonyl (C=O) groups excluding carboxylic acids is 1. The maximum Gasteiger partial charge on any atom is 0.223 e. The highest BCUT2D eigenvalue weighted by Gasteiger charge is 2.41. The third-order valence-corrected chi connectivity index (χ3v) is 12.4. The molecule has 0 bridgehead atoms. The summed E-state index contributed by atoms with van der Waals surface area (Å²) >= 11 is 0. The largest absolute Gasteiger partial charge is 0.414 e. The van der Waals surface area contributed by atoms with E-state index in [9.17, 15) is 4.79 Å². The van der Waals surface area contributed by atoms with Crippen LogP contribution in [0, 0.1) is 0 Å². The molecule has 0 N–H and O–H groups in total. The Bertz CT molecular complexity index is 1150. The van der Waals surface area contributed by atoms with E-state index in [0.717, 1.165) is 23.9 Å². The zero-order chi connectivity index (χ0) is 25.2. The number of aromatic nitrogens is 1. The summed E-state index contributed by atoms with van der Waals surface area (Å²) in [6.07, 6.45) is 4.60. The van der Waals surface area contributed by atoms with Crippen molar-refractivity contribution in [3.05, 3.63) is 71.9 Å². The molecule has 0 unspecified atom stereocenters. The van der Waals surface area contributed by atoms with Crippen LogP contribution in [-0.4, -0.2) is 37.4 Å². The van der Waals surface area contributed by atoms with Gasteiger partial charge in [0.25, 0.3) is 0 Å². The first kappa shape index (κ1) is 25.7. The molecule has 2 atom stereocenters. The number of nitrogens with zero attached hydrogens (tertiary/aromatic N) is 2. The number of carbonyl (C=O) groups is 1. The zero-order valence-electron chi connectivity index (χ0n) is 22.1. The van der Waals surface area contributed by atoms with Gasteiger partial charge >= 0.3 is 0 Å². The van der Waals surface area contributed by atoms with E-state index in [0.29, 0.717) is 19.8 Å². The first-order valence-corrected chi connectivity index (χ1v) is 15.6. The lowest BCUT2D eigenvalue weighted by atomic mass is 9.91. The van der Waals surface area contributed by atoms with Gasteiger partial charge in [-0.25, -0.2) is 0 Å². The molecule has 0 radical (unpaired) electrons. The van der Waals surface area contributed by atoms with Gasteiger partial charge < -0.3 is 18.6 Å². The monoisotopic (exact) mass is 492 g/mol. The maximum atomic E-state index is 13.6. The molecule has 2 heterocycles. The van der Waals surface area contributed by atoms with Crippen molar-refractivity contribution in [1.82, 2.24) is 9.47 Å². The van der Waals surface area contributed by atoms with Gasteiger partial charge in [-0.15, -0.1) is 0 Å². The topological polar surface area (TPSA) is 43.7 Å². The molecule has 1 aromatic heterocycles.